The van der Waals surface area contributed by atoms with E-state index in [1.807, 2.05) is 60.7 Å². The van der Waals surface area contributed by atoms with E-state index < -0.39 is 22.0 Å². The van der Waals surface area contributed by atoms with Crippen LogP contribution in [-0.2, 0) is 26.0 Å². The van der Waals surface area contributed by atoms with Crippen molar-refractivity contribution in [3.8, 4) is 12.3 Å². The third kappa shape index (κ3) is 7.54. The number of hydrogen-bond acceptors (Lipinski definition) is 4. The van der Waals surface area contributed by atoms with Crippen LogP contribution in [0.5, 0.6) is 0 Å². The van der Waals surface area contributed by atoms with E-state index in [1.165, 1.54) is 24.3 Å². The van der Waals surface area contributed by atoms with Gasteiger partial charge in [-0.05, 0) is 48.2 Å². The highest BCUT2D eigenvalue weighted by Gasteiger charge is 2.26. The van der Waals surface area contributed by atoms with Gasteiger partial charge < -0.3 is 10.4 Å². The van der Waals surface area contributed by atoms with Crippen molar-refractivity contribution in [2.24, 2.45) is 0 Å². The predicted octanol–water partition coefficient (Wildman–Crippen LogP) is 3.28. The molecule has 0 saturated heterocycles. The van der Waals surface area contributed by atoms with Crippen LogP contribution < -0.4 is 10.0 Å². The summed E-state index contributed by atoms with van der Waals surface area (Å²) in [4.78, 5) is 24.4. The highest BCUT2D eigenvalue weighted by Crippen LogP contribution is 2.19. The van der Waals surface area contributed by atoms with Crippen LogP contribution in [0.1, 0.15) is 35.6 Å². The molecule has 35 heavy (non-hydrogen) atoms. The van der Waals surface area contributed by atoms with Gasteiger partial charge in [-0.1, -0.05) is 66.6 Å². The van der Waals surface area contributed by atoms with Gasteiger partial charge in [0.05, 0.1) is 10.9 Å². The van der Waals surface area contributed by atoms with Gasteiger partial charge in [-0.25, -0.2) is 8.42 Å². The van der Waals surface area contributed by atoms with Crippen LogP contribution in [-0.4, -0.2) is 31.4 Å². The molecule has 0 bridgehead atoms. The van der Waals surface area contributed by atoms with Crippen LogP contribution in [0.3, 0.4) is 0 Å². The first-order valence-corrected chi connectivity index (χ1v) is 12.5. The van der Waals surface area contributed by atoms with Gasteiger partial charge >= 0.3 is 5.97 Å². The van der Waals surface area contributed by atoms with E-state index in [4.69, 9.17) is 6.42 Å². The van der Waals surface area contributed by atoms with E-state index in [1.54, 1.807) is 0 Å². The van der Waals surface area contributed by atoms with E-state index in [0.29, 0.717) is 12.0 Å². The summed E-state index contributed by atoms with van der Waals surface area (Å²) in [6.45, 7) is 0. The standard InChI is InChI=1S/C27H26N2O5S/c1-2-20-13-15-23(16-14-20)35(33,34)29-24(27(31)32)17-18-26(30)28-25(22-11-7-4-8-12-22)19-21-9-5-3-6-10-21/h1,3-16,24-25,29H,17-19H2,(H,28,30)(H,31,32)/t24-,25?/m1/s1. The number of hydrogen-bond donors (Lipinski definition) is 3. The Kier molecular flexibility index (Phi) is 8.79. The first kappa shape index (κ1) is 25.7. The summed E-state index contributed by atoms with van der Waals surface area (Å²) in [5, 5.41) is 12.5. The molecule has 0 radical (unpaired) electrons. The molecule has 0 aliphatic carbocycles. The van der Waals surface area contributed by atoms with Crippen molar-refractivity contribution in [2.45, 2.75) is 36.2 Å². The zero-order valence-corrected chi connectivity index (χ0v) is 19.7. The van der Waals surface area contributed by atoms with Crippen molar-refractivity contribution in [2.75, 3.05) is 0 Å². The summed E-state index contributed by atoms with van der Waals surface area (Å²) in [7, 11) is -4.12. The fraction of sp³-hybridized carbons (Fsp3) is 0.185. The topological polar surface area (TPSA) is 113 Å². The van der Waals surface area contributed by atoms with Gasteiger partial charge in [-0.15, -0.1) is 6.42 Å². The molecule has 180 valence electrons. The molecule has 7 nitrogen and oxygen atoms in total. The molecule has 0 saturated carbocycles. The maximum Gasteiger partial charge on any atom is 0.321 e. The highest BCUT2D eigenvalue weighted by atomic mass is 32.2. The highest BCUT2D eigenvalue weighted by molar-refractivity contribution is 7.89. The maximum atomic E-state index is 12.8. The minimum atomic E-state index is -4.12. The number of terminal acetylenes is 1. The minimum absolute atomic E-state index is 0.112. The number of carboxylic acid groups (broad SMARTS) is 1. The van der Waals surface area contributed by atoms with Crippen LogP contribution in [0.2, 0.25) is 0 Å². The van der Waals surface area contributed by atoms with E-state index in [0.717, 1.165) is 11.1 Å². The quantitative estimate of drug-likeness (QED) is 0.357. The van der Waals surface area contributed by atoms with E-state index in [-0.39, 0.29) is 29.7 Å². The Morgan fingerprint density at radius 1 is 0.914 bits per heavy atom. The molecule has 0 aliphatic rings. The molecule has 0 spiro atoms. The van der Waals surface area contributed by atoms with Gasteiger partial charge in [0.25, 0.3) is 0 Å². The van der Waals surface area contributed by atoms with Crippen molar-refractivity contribution in [1.29, 1.82) is 0 Å². The van der Waals surface area contributed by atoms with Gasteiger partial charge in [0.2, 0.25) is 15.9 Å². The number of carbonyl (C=O) groups is 2. The Labute approximate surface area is 205 Å². The van der Waals surface area contributed by atoms with E-state index in [9.17, 15) is 23.1 Å². The van der Waals surface area contributed by atoms with Crippen LogP contribution in [0.25, 0.3) is 0 Å². The molecule has 3 aromatic rings. The zero-order valence-electron chi connectivity index (χ0n) is 18.9. The smallest absolute Gasteiger partial charge is 0.321 e. The molecule has 1 unspecified atom stereocenters. The van der Waals surface area contributed by atoms with E-state index >= 15 is 0 Å². The maximum absolute atomic E-state index is 12.8. The molecule has 0 aromatic heterocycles. The molecular formula is C27H26N2O5S. The number of aliphatic carboxylic acids is 1. The summed E-state index contributed by atoms with van der Waals surface area (Å²) in [6.07, 6.45) is 5.45. The van der Waals surface area contributed by atoms with Gasteiger partial charge in [-0.2, -0.15) is 4.72 Å². The normalized spacial score (nSPS) is 12.8. The lowest BCUT2D eigenvalue weighted by Gasteiger charge is -2.20. The molecule has 1 amide bonds. The third-order valence-electron chi connectivity index (χ3n) is 5.41. The predicted molar refractivity (Wildman–Crippen MR) is 133 cm³/mol. The number of carboxylic acids is 1. The largest absolute Gasteiger partial charge is 0.480 e. The van der Waals surface area contributed by atoms with Crippen LogP contribution in [0.15, 0.2) is 89.8 Å². The van der Waals surface area contributed by atoms with Gasteiger partial charge in [0.15, 0.2) is 0 Å². The second kappa shape index (κ2) is 12.0. The molecule has 2 atom stereocenters. The van der Waals surface area contributed by atoms with Crippen molar-refractivity contribution in [1.82, 2.24) is 10.0 Å². The summed E-state index contributed by atoms with van der Waals surface area (Å²) < 4.78 is 27.4. The van der Waals surface area contributed by atoms with Crippen LogP contribution in [0, 0.1) is 12.3 Å². The van der Waals surface area contributed by atoms with Crippen molar-refractivity contribution >= 4 is 21.9 Å². The molecule has 0 fully saturated rings. The number of sulfonamides is 1. The van der Waals surface area contributed by atoms with Crippen LogP contribution >= 0.6 is 0 Å². The number of nitrogens with one attached hydrogen (secondary N) is 2. The van der Waals surface area contributed by atoms with Gasteiger partial charge in [0.1, 0.15) is 6.04 Å². The Balaban J connectivity index is 1.66. The first-order chi connectivity index (χ1) is 16.8. The molecule has 0 aliphatic heterocycles. The van der Waals surface area contributed by atoms with Gasteiger partial charge in [0, 0.05) is 12.0 Å². The fourth-order valence-corrected chi connectivity index (χ4v) is 4.77. The number of carbonyl (C=O) groups excluding carboxylic acids is 1. The second-order valence-electron chi connectivity index (χ2n) is 7.94. The van der Waals surface area contributed by atoms with E-state index in [2.05, 4.69) is 16.0 Å². The number of rotatable bonds is 11. The Bertz CT molecular complexity index is 1280. The lowest BCUT2D eigenvalue weighted by atomic mass is 9.98. The lowest BCUT2D eigenvalue weighted by molar-refractivity contribution is -0.139. The van der Waals surface area contributed by atoms with Crippen molar-refractivity contribution in [3.63, 3.8) is 0 Å². The monoisotopic (exact) mass is 490 g/mol. The van der Waals surface area contributed by atoms with Crippen LogP contribution in [0.4, 0.5) is 0 Å². The molecule has 3 rings (SSSR count). The number of benzene rings is 3. The SMILES string of the molecule is C#Cc1ccc(S(=O)(=O)N[C@H](CCC(=O)NC(Cc2ccccc2)c2ccccc2)C(=O)O)cc1. The van der Waals surface area contributed by atoms with Crippen molar-refractivity contribution in [3.05, 3.63) is 102 Å². The van der Waals surface area contributed by atoms with Crippen molar-refractivity contribution < 1.29 is 23.1 Å². The Morgan fingerprint density at radius 3 is 2.09 bits per heavy atom. The average Bonchev–Trinajstić information content (AvgIpc) is 2.87. The van der Waals surface area contributed by atoms with Gasteiger partial charge in [-0.3, -0.25) is 9.59 Å². The Hall–Kier alpha value is -3.93. The Morgan fingerprint density at radius 2 is 1.51 bits per heavy atom. The average molecular weight is 491 g/mol. The first-order valence-electron chi connectivity index (χ1n) is 11.0. The molecule has 8 heteroatoms. The molecule has 3 N–H and O–H groups in total. The number of amides is 1. The molecular weight excluding hydrogens is 464 g/mol. The summed E-state index contributed by atoms with van der Waals surface area (Å²) >= 11 is 0. The molecule has 3 aromatic carbocycles. The summed E-state index contributed by atoms with van der Waals surface area (Å²) in [5.74, 6) is 0.640. The third-order valence-corrected chi connectivity index (χ3v) is 6.89. The lowest BCUT2D eigenvalue weighted by Crippen LogP contribution is -2.41. The zero-order chi connectivity index (χ0) is 25.3. The molecule has 0 heterocycles. The fourth-order valence-electron chi connectivity index (χ4n) is 3.55. The second-order valence-corrected chi connectivity index (χ2v) is 9.65. The summed E-state index contributed by atoms with van der Waals surface area (Å²) in [6, 6.07) is 22.9. The minimum Gasteiger partial charge on any atom is -0.480 e. The summed E-state index contributed by atoms with van der Waals surface area (Å²) in [5.41, 5.74) is 2.45.